The minimum atomic E-state index is -0.497. The Morgan fingerprint density at radius 2 is 1.70 bits per heavy atom. The zero-order valence-corrected chi connectivity index (χ0v) is 13.7. The van der Waals surface area contributed by atoms with Crippen LogP contribution in [0.15, 0.2) is 42.5 Å². The van der Waals surface area contributed by atoms with Gasteiger partial charge in [-0.3, -0.25) is 4.79 Å². The molecule has 0 aromatic heterocycles. The van der Waals surface area contributed by atoms with Crippen LogP contribution in [0.4, 0.5) is 5.69 Å². The molecule has 2 rings (SSSR count). The van der Waals surface area contributed by atoms with Crippen LogP contribution >= 0.6 is 0 Å². The number of anilines is 1. The van der Waals surface area contributed by atoms with Crippen LogP contribution in [-0.4, -0.2) is 18.5 Å². The Balaban J connectivity index is 1.87. The molecule has 0 aliphatic carbocycles. The summed E-state index contributed by atoms with van der Waals surface area (Å²) in [7, 11) is 0. The zero-order valence-electron chi connectivity index (χ0n) is 13.7. The van der Waals surface area contributed by atoms with E-state index in [0.717, 1.165) is 23.1 Å². The first kappa shape index (κ1) is 16.7. The topological polar surface area (TPSA) is 55.4 Å². The summed E-state index contributed by atoms with van der Waals surface area (Å²) in [6.07, 6.45) is 0.910. The molecular weight excluding hydrogens is 290 g/mol. The highest BCUT2D eigenvalue weighted by Gasteiger charge is 2.10. The Labute approximate surface area is 136 Å². The molecule has 2 aromatic carbocycles. The molecular formula is C19H21NO3. The molecule has 0 atom stereocenters. The van der Waals surface area contributed by atoms with E-state index in [4.69, 9.17) is 4.74 Å². The second-order valence-electron chi connectivity index (χ2n) is 5.47. The maximum absolute atomic E-state index is 11.9. The number of amides is 1. The van der Waals surface area contributed by atoms with Crippen LogP contribution in [0.1, 0.15) is 34.0 Å². The van der Waals surface area contributed by atoms with Crippen LogP contribution in [0.2, 0.25) is 0 Å². The molecule has 0 aliphatic rings. The first-order chi connectivity index (χ1) is 11.0. The highest BCUT2D eigenvalue weighted by Crippen LogP contribution is 2.14. The normalized spacial score (nSPS) is 10.2. The van der Waals surface area contributed by atoms with Gasteiger partial charge in [-0.2, -0.15) is 0 Å². The third kappa shape index (κ3) is 4.68. The van der Waals surface area contributed by atoms with E-state index in [0.29, 0.717) is 11.3 Å². The molecule has 0 bridgehead atoms. The minimum absolute atomic E-state index is 0.304. The van der Waals surface area contributed by atoms with E-state index in [1.807, 2.05) is 51.1 Å². The molecule has 0 spiro atoms. The largest absolute Gasteiger partial charge is 0.452 e. The lowest BCUT2D eigenvalue weighted by atomic mass is 10.1. The summed E-state index contributed by atoms with van der Waals surface area (Å²) in [5.41, 5.74) is 4.54. The summed E-state index contributed by atoms with van der Waals surface area (Å²) in [6.45, 7) is 5.73. The molecule has 0 aliphatic heterocycles. The van der Waals surface area contributed by atoms with E-state index < -0.39 is 5.97 Å². The molecule has 1 N–H and O–H groups in total. The Morgan fingerprint density at radius 3 is 2.30 bits per heavy atom. The molecule has 0 saturated heterocycles. The average Bonchev–Trinajstić information content (AvgIpc) is 2.56. The van der Waals surface area contributed by atoms with Gasteiger partial charge in [-0.15, -0.1) is 0 Å². The van der Waals surface area contributed by atoms with Crippen LogP contribution in [0.25, 0.3) is 0 Å². The minimum Gasteiger partial charge on any atom is -0.452 e. The summed E-state index contributed by atoms with van der Waals surface area (Å²) in [6, 6.07) is 12.8. The maximum Gasteiger partial charge on any atom is 0.338 e. The van der Waals surface area contributed by atoms with Crippen molar-refractivity contribution in [2.45, 2.75) is 27.2 Å². The Bertz CT molecular complexity index is 705. The highest BCUT2D eigenvalue weighted by molar-refractivity contribution is 5.95. The molecule has 0 fully saturated rings. The fraction of sp³-hybridized carbons (Fsp3) is 0.263. The molecule has 0 heterocycles. The number of carbonyl (C=O) groups excluding carboxylic acids is 2. The molecule has 120 valence electrons. The van der Waals surface area contributed by atoms with Crippen molar-refractivity contribution >= 4 is 17.6 Å². The zero-order chi connectivity index (χ0) is 16.8. The highest BCUT2D eigenvalue weighted by atomic mass is 16.5. The first-order valence-corrected chi connectivity index (χ1v) is 7.62. The first-order valence-electron chi connectivity index (χ1n) is 7.62. The van der Waals surface area contributed by atoms with Crippen LogP contribution in [0.3, 0.4) is 0 Å². The SMILES string of the molecule is CCc1ccc(C(=O)OCC(=O)Nc2ccc(C)c(C)c2)cc1. The summed E-state index contributed by atoms with van der Waals surface area (Å²) >= 11 is 0. The number of benzene rings is 2. The van der Waals surface area contributed by atoms with Crippen LogP contribution < -0.4 is 5.32 Å². The lowest BCUT2D eigenvalue weighted by molar-refractivity contribution is -0.119. The number of hydrogen-bond donors (Lipinski definition) is 1. The van der Waals surface area contributed by atoms with Gasteiger partial charge in [0.15, 0.2) is 6.61 Å². The maximum atomic E-state index is 11.9. The van der Waals surface area contributed by atoms with Crippen molar-refractivity contribution in [1.29, 1.82) is 0 Å². The predicted octanol–water partition coefficient (Wildman–Crippen LogP) is 3.66. The molecule has 0 unspecified atom stereocenters. The molecule has 1 amide bonds. The number of carbonyl (C=O) groups is 2. The van der Waals surface area contributed by atoms with E-state index in [1.54, 1.807) is 12.1 Å². The van der Waals surface area contributed by atoms with E-state index in [-0.39, 0.29) is 12.5 Å². The van der Waals surface area contributed by atoms with E-state index in [9.17, 15) is 9.59 Å². The quantitative estimate of drug-likeness (QED) is 0.857. The Morgan fingerprint density at radius 1 is 1.00 bits per heavy atom. The molecule has 23 heavy (non-hydrogen) atoms. The lowest BCUT2D eigenvalue weighted by Gasteiger charge is -2.08. The third-order valence-electron chi connectivity index (χ3n) is 3.72. The number of rotatable bonds is 5. The van der Waals surface area contributed by atoms with E-state index in [2.05, 4.69) is 5.32 Å². The fourth-order valence-corrected chi connectivity index (χ4v) is 2.11. The Kier molecular flexibility index (Phi) is 5.52. The van der Waals surface area contributed by atoms with Gasteiger partial charge in [0.1, 0.15) is 0 Å². The molecule has 4 nitrogen and oxygen atoms in total. The van der Waals surface area contributed by atoms with Gasteiger partial charge in [-0.1, -0.05) is 25.1 Å². The van der Waals surface area contributed by atoms with Crippen LogP contribution in [-0.2, 0) is 16.0 Å². The second kappa shape index (κ2) is 7.58. The fourth-order valence-electron chi connectivity index (χ4n) is 2.11. The van der Waals surface area contributed by atoms with Gasteiger partial charge in [0.25, 0.3) is 5.91 Å². The van der Waals surface area contributed by atoms with Gasteiger partial charge in [-0.25, -0.2) is 4.79 Å². The standard InChI is InChI=1S/C19H21NO3/c1-4-15-6-8-16(9-7-15)19(22)23-12-18(21)20-17-10-5-13(2)14(3)11-17/h5-11H,4,12H2,1-3H3,(H,20,21). The van der Waals surface area contributed by atoms with Crippen LogP contribution in [0, 0.1) is 13.8 Å². The summed E-state index contributed by atoms with van der Waals surface area (Å²) < 4.78 is 5.04. The number of nitrogens with one attached hydrogen (secondary N) is 1. The van der Waals surface area contributed by atoms with Crippen molar-refractivity contribution in [2.75, 3.05) is 11.9 Å². The Hall–Kier alpha value is -2.62. The monoisotopic (exact) mass is 311 g/mol. The van der Waals surface area contributed by atoms with Gasteiger partial charge in [-0.05, 0) is 61.2 Å². The number of aryl methyl sites for hydroxylation is 3. The molecule has 2 aromatic rings. The van der Waals surface area contributed by atoms with Crippen molar-refractivity contribution in [3.8, 4) is 0 Å². The summed E-state index contributed by atoms with van der Waals surface area (Å²) in [5, 5.41) is 2.72. The molecule has 4 heteroatoms. The van der Waals surface area contributed by atoms with Gasteiger partial charge >= 0.3 is 5.97 Å². The molecule has 0 radical (unpaired) electrons. The predicted molar refractivity (Wildman–Crippen MR) is 90.6 cm³/mol. The number of esters is 1. The summed E-state index contributed by atoms with van der Waals surface area (Å²) in [5.74, 6) is -0.852. The number of ether oxygens (including phenoxy) is 1. The van der Waals surface area contributed by atoms with Gasteiger partial charge in [0.2, 0.25) is 0 Å². The van der Waals surface area contributed by atoms with Crippen molar-refractivity contribution < 1.29 is 14.3 Å². The van der Waals surface area contributed by atoms with Crippen molar-refractivity contribution in [3.05, 3.63) is 64.7 Å². The number of hydrogen-bond acceptors (Lipinski definition) is 3. The smallest absolute Gasteiger partial charge is 0.338 e. The van der Waals surface area contributed by atoms with Gasteiger partial charge < -0.3 is 10.1 Å². The van der Waals surface area contributed by atoms with E-state index >= 15 is 0 Å². The molecule has 0 saturated carbocycles. The second-order valence-corrected chi connectivity index (χ2v) is 5.47. The third-order valence-corrected chi connectivity index (χ3v) is 3.72. The van der Waals surface area contributed by atoms with Crippen molar-refractivity contribution in [1.82, 2.24) is 0 Å². The van der Waals surface area contributed by atoms with E-state index in [1.165, 1.54) is 0 Å². The van der Waals surface area contributed by atoms with Crippen LogP contribution in [0.5, 0.6) is 0 Å². The van der Waals surface area contributed by atoms with Gasteiger partial charge in [0.05, 0.1) is 5.56 Å². The van der Waals surface area contributed by atoms with Gasteiger partial charge in [0, 0.05) is 5.69 Å². The summed E-state index contributed by atoms with van der Waals surface area (Å²) in [4.78, 5) is 23.8. The average molecular weight is 311 g/mol. The lowest BCUT2D eigenvalue weighted by Crippen LogP contribution is -2.21. The van der Waals surface area contributed by atoms with Crippen molar-refractivity contribution in [2.24, 2.45) is 0 Å². The van der Waals surface area contributed by atoms with Crippen molar-refractivity contribution in [3.63, 3.8) is 0 Å².